The number of nitrogens with one attached hydrogen (secondary N) is 2. The number of guanidine groups is 1. The van der Waals surface area contributed by atoms with E-state index in [0.717, 1.165) is 32.4 Å². The molecule has 1 aliphatic heterocycles. The number of carbonyl (C=O) groups is 1. The van der Waals surface area contributed by atoms with Gasteiger partial charge in [-0.3, -0.25) is 9.79 Å². The summed E-state index contributed by atoms with van der Waals surface area (Å²) in [7, 11) is 1.74. The number of benzene rings is 1. The lowest BCUT2D eigenvalue weighted by Gasteiger charge is -2.21. The predicted octanol–water partition coefficient (Wildman–Crippen LogP) is 3.95. The van der Waals surface area contributed by atoms with Gasteiger partial charge in [-0.2, -0.15) is 0 Å². The van der Waals surface area contributed by atoms with Gasteiger partial charge in [0.2, 0.25) is 5.91 Å². The Balaban J connectivity index is 0.00000300. The van der Waals surface area contributed by atoms with E-state index in [0.29, 0.717) is 40.8 Å². The first-order chi connectivity index (χ1) is 13.6. The van der Waals surface area contributed by atoms with E-state index in [1.165, 1.54) is 12.8 Å². The molecule has 1 heterocycles. The molecule has 29 heavy (non-hydrogen) atoms. The zero-order valence-corrected chi connectivity index (χ0v) is 20.5. The van der Waals surface area contributed by atoms with Crippen LogP contribution in [-0.4, -0.2) is 56.1 Å². The van der Waals surface area contributed by atoms with Crippen LogP contribution in [0.1, 0.15) is 32.1 Å². The SMILES string of the molecule is CN=C(NCCOc1cccc(Cl)c1Cl)NC1CCN(C(=O)C2CCCC2)C1.I. The number of ether oxygens (including phenoxy) is 1. The fraction of sp³-hybridized carbons (Fsp3) is 0.600. The van der Waals surface area contributed by atoms with E-state index in [-0.39, 0.29) is 35.9 Å². The number of hydrogen-bond donors (Lipinski definition) is 2. The summed E-state index contributed by atoms with van der Waals surface area (Å²) in [5.41, 5.74) is 0. The van der Waals surface area contributed by atoms with Crippen molar-refractivity contribution < 1.29 is 9.53 Å². The number of likely N-dealkylation sites (tertiary alicyclic amines) is 1. The standard InChI is InChI=1S/C20H28Cl2N4O2.HI/c1-23-20(24-10-12-28-17-8-4-7-16(21)18(17)22)25-15-9-11-26(13-15)19(27)14-5-2-3-6-14;/h4,7-8,14-15H,2-3,5-6,9-13H2,1H3,(H2,23,24,25);1H. The van der Waals surface area contributed by atoms with Gasteiger partial charge in [0.05, 0.1) is 11.6 Å². The van der Waals surface area contributed by atoms with Gasteiger partial charge in [0.15, 0.2) is 5.96 Å². The van der Waals surface area contributed by atoms with E-state index >= 15 is 0 Å². The molecule has 162 valence electrons. The number of rotatable bonds is 6. The fourth-order valence-corrected chi connectivity index (χ4v) is 4.17. The first-order valence-electron chi connectivity index (χ1n) is 9.91. The van der Waals surface area contributed by atoms with Gasteiger partial charge in [-0.1, -0.05) is 42.1 Å². The molecule has 9 heteroatoms. The molecule has 2 aliphatic rings. The molecular weight excluding hydrogens is 526 g/mol. The predicted molar refractivity (Wildman–Crippen MR) is 129 cm³/mol. The van der Waals surface area contributed by atoms with Gasteiger partial charge in [0.1, 0.15) is 17.4 Å². The minimum atomic E-state index is 0. The van der Waals surface area contributed by atoms with Crippen molar-refractivity contribution in [3.8, 4) is 5.75 Å². The molecule has 1 aromatic carbocycles. The smallest absolute Gasteiger partial charge is 0.225 e. The Kier molecular flexibility index (Phi) is 10.1. The third-order valence-electron chi connectivity index (χ3n) is 5.34. The molecule has 0 aromatic heterocycles. The second kappa shape index (κ2) is 12.1. The Morgan fingerprint density at radius 2 is 2.03 bits per heavy atom. The summed E-state index contributed by atoms with van der Waals surface area (Å²) in [6.07, 6.45) is 5.41. The first-order valence-corrected chi connectivity index (χ1v) is 10.7. The molecule has 1 amide bonds. The van der Waals surface area contributed by atoms with Crippen molar-refractivity contribution >= 4 is 59.0 Å². The third-order valence-corrected chi connectivity index (χ3v) is 6.14. The minimum Gasteiger partial charge on any atom is -0.490 e. The van der Waals surface area contributed by atoms with E-state index in [1.54, 1.807) is 25.2 Å². The highest BCUT2D eigenvalue weighted by molar-refractivity contribution is 14.0. The molecular formula is C20H29Cl2IN4O2. The number of amides is 1. The molecule has 1 unspecified atom stereocenters. The molecule has 2 fully saturated rings. The second-order valence-corrected chi connectivity index (χ2v) is 8.08. The van der Waals surface area contributed by atoms with E-state index in [2.05, 4.69) is 15.6 Å². The highest BCUT2D eigenvalue weighted by Gasteiger charge is 2.32. The number of halogens is 3. The molecule has 3 rings (SSSR count). The Morgan fingerprint density at radius 3 is 2.76 bits per heavy atom. The van der Waals surface area contributed by atoms with Crippen molar-refractivity contribution in [3.63, 3.8) is 0 Å². The highest BCUT2D eigenvalue weighted by Crippen LogP contribution is 2.31. The van der Waals surface area contributed by atoms with Gasteiger partial charge in [0, 0.05) is 32.1 Å². The summed E-state index contributed by atoms with van der Waals surface area (Å²) in [4.78, 5) is 18.8. The molecule has 1 aromatic rings. The summed E-state index contributed by atoms with van der Waals surface area (Å²) in [6.45, 7) is 2.56. The monoisotopic (exact) mass is 554 g/mol. The second-order valence-electron chi connectivity index (χ2n) is 7.29. The number of carbonyl (C=O) groups excluding carboxylic acids is 1. The van der Waals surface area contributed by atoms with Crippen LogP contribution < -0.4 is 15.4 Å². The maximum atomic E-state index is 12.6. The van der Waals surface area contributed by atoms with Crippen LogP contribution in [0.25, 0.3) is 0 Å². The van der Waals surface area contributed by atoms with E-state index in [1.807, 2.05) is 4.90 Å². The molecule has 6 nitrogen and oxygen atoms in total. The van der Waals surface area contributed by atoms with Gasteiger partial charge in [-0.15, -0.1) is 24.0 Å². The maximum absolute atomic E-state index is 12.6. The van der Waals surface area contributed by atoms with Crippen LogP contribution in [0, 0.1) is 5.92 Å². The van der Waals surface area contributed by atoms with E-state index < -0.39 is 0 Å². The van der Waals surface area contributed by atoms with Crippen molar-refractivity contribution in [2.75, 3.05) is 33.3 Å². The van der Waals surface area contributed by atoms with Crippen LogP contribution in [0.15, 0.2) is 23.2 Å². The van der Waals surface area contributed by atoms with Gasteiger partial charge in [0.25, 0.3) is 0 Å². The van der Waals surface area contributed by atoms with Crippen LogP contribution in [0.3, 0.4) is 0 Å². The van der Waals surface area contributed by atoms with E-state index in [4.69, 9.17) is 27.9 Å². The van der Waals surface area contributed by atoms with Gasteiger partial charge >= 0.3 is 0 Å². The summed E-state index contributed by atoms with van der Waals surface area (Å²) < 4.78 is 5.67. The zero-order valence-electron chi connectivity index (χ0n) is 16.6. The fourth-order valence-electron chi connectivity index (χ4n) is 3.82. The van der Waals surface area contributed by atoms with Crippen LogP contribution in [0.4, 0.5) is 0 Å². The number of nitrogens with zero attached hydrogens (tertiary/aromatic N) is 2. The molecule has 1 saturated carbocycles. The molecule has 0 bridgehead atoms. The van der Waals surface area contributed by atoms with Crippen LogP contribution in [0.5, 0.6) is 5.75 Å². The largest absolute Gasteiger partial charge is 0.490 e. The summed E-state index contributed by atoms with van der Waals surface area (Å²) in [6, 6.07) is 5.54. The van der Waals surface area contributed by atoms with Gasteiger partial charge in [-0.05, 0) is 31.4 Å². The lowest BCUT2D eigenvalue weighted by atomic mass is 10.1. The zero-order chi connectivity index (χ0) is 19.9. The average molecular weight is 555 g/mol. The molecule has 1 saturated heterocycles. The maximum Gasteiger partial charge on any atom is 0.225 e. The Labute approximate surface area is 199 Å². The lowest BCUT2D eigenvalue weighted by molar-refractivity contribution is -0.134. The van der Waals surface area contributed by atoms with Gasteiger partial charge in [-0.25, -0.2) is 0 Å². The normalized spacial score (nSPS) is 19.8. The quantitative estimate of drug-likeness (QED) is 0.242. The third kappa shape index (κ3) is 6.79. The van der Waals surface area contributed by atoms with Crippen LogP contribution >= 0.6 is 47.2 Å². The molecule has 0 radical (unpaired) electrons. The molecule has 0 spiro atoms. The Bertz CT molecular complexity index is 714. The molecule has 1 aliphatic carbocycles. The van der Waals surface area contributed by atoms with Gasteiger partial charge < -0.3 is 20.3 Å². The van der Waals surface area contributed by atoms with Crippen molar-refractivity contribution in [1.29, 1.82) is 0 Å². The summed E-state index contributed by atoms with van der Waals surface area (Å²) in [5, 5.41) is 7.53. The van der Waals surface area contributed by atoms with Crippen molar-refractivity contribution in [1.82, 2.24) is 15.5 Å². The molecule has 2 N–H and O–H groups in total. The van der Waals surface area contributed by atoms with E-state index in [9.17, 15) is 4.79 Å². The number of aliphatic imine (C=N–C) groups is 1. The summed E-state index contributed by atoms with van der Waals surface area (Å²) in [5.74, 6) is 1.85. The lowest BCUT2D eigenvalue weighted by Crippen LogP contribution is -2.46. The van der Waals surface area contributed by atoms with Crippen molar-refractivity contribution in [2.24, 2.45) is 10.9 Å². The van der Waals surface area contributed by atoms with Crippen LogP contribution in [-0.2, 0) is 4.79 Å². The molecule has 1 atom stereocenters. The highest BCUT2D eigenvalue weighted by atomic mass is 127. The average Bonchev–Trinajstić information content (AvgIpc) is 3.39. The Morgan fingerprint density at radius 1 is 1.28 bits per heavy atom. The Hall–Kier alpha value is -0.930. The van der Waals surface area contributed by atoms with Crippen molar-refractivity contribution in [2.45, 2.75) is 38.1 Å². The first kappa shape index (κ1) is 24.3. The van der Waals surface area contributed by atoms with Crippen LogP contribution in [0.2, 0.25) is 10.0 Å². The summed E-state index contributed by atoms with van der Waals surface area (Å²) >= 11 is 12.1. The minimum absolute atomic E-state index is 0. The topological polar surface area (TPSA) is 66.0 Å². The van der Waals surface area contributed by atoms with Crippen molar-refractivity contribution in [3.05, 3.63) is 28.2 Å². The number of hydrogen-bond acceptors (Lipinski definition) is 3.